The fraction of sp³-hybridized carbons (Fsp3) is 0.625. The number of anilines is 1. The van der Waals surface area contributed by atoms with Crippen molar-refractivity contribution in [3.8, 4) is 5.75 Å². The quantitative estimate of drug-likeness (QED) is 0.827. The molecular weight excluding hydrogens is 279 g/mol. The van der Waals surface area contributed by atoms with Gasteiger partial charge in [0.1, 0.15) is 0 Å². The lowest BCUT2D eigenvalue weighted by Gasteiger charge is -2.39. The zero-order valence-electron chi connectivity index (χ0n) is 12.6. The first-order valence-electron chi connectivity index (χ1n) is 7.26. The number of benzene rings is 1. The van der Waals surface area contributed by atoms with Gasteiger partial charge < -0.3 is 10.1 Å². The number of hydrogen-bond acceptors (Lipinski definition) is 2. The van der Waals surface area contributed by atoms with Gasteiger partial charge in [-0.2, -0.15) is 0 Å². The van der Waals surface area contributed by atoms with Crippen molar-refractivity contribution in [1.82, 2.24) is 0 Å². The summed E-state index contributed by atoms with van der Waals surface area (Å²) in [4.78, 5) is 0. The van der Waals surface area contributed by atoms with E-state index in [1.54, 1.807) is 18.2 Å². The van der Waals surface area contributed by atoms with Gasteiger partial charge in [0.15, 0.2) is 5.75 Å². The molecule has 118 valence electrons. The fourth-order valence-corrected chi connectivity index (χ4v) is 3.48. The number of alkyl halides is 3. The van der Waals surface area contributed by atoms with Crippen LogP contribution in [-0.2, 0) is 0 Å². The normalized spacial score (nSPS) is 25.4. The van der Waals surface area contributed by atoms with Crippen molar-refractivity contribution >= 4 is 5.69 Å². The molecule has 21 heavy (non-hydrogen) atoms. The van der Waals surface area contributed by atoms with E-state index >= 15 is 0 Å². The first kappa shape index (κ1) is 16.0. The molecule has 0 bridgehead atoms. The molecular formula is C16H22F3NO. The molecule has 1 aliphatic carbocycles. The van der Waals surface area contributed by atoms with E-state index in [9.17, 15) is 13.2 Å². The van der Waals surface area contributed by atoms with E-state index in [1.807, 2.05) is 0 Å². The predicted molar refractivity (Wildman–Crippen MR) is 77.3 cm³/mol. The minimum atomic E-state index is -4.67. The highest BCUT2D eigenvalue weighted by molar-refractivity contribution is 5.56. The molecule has 2 nitrogen and oxygen atoms in total. The lowest BCUT2D eigenvalue weighted by molar-refractivity contribution is -0.274. The zero-order chi connectivity index (χ0) is 15.7. The van der Waals surface area contributed by atoms with E-state index in [0.717, 1.165) is 19.3 Å². The predicted octanol–water partition coefficient (Wildman–Crippen LogP) is 5.21. The summed E-state index contributed by atoms with van der Waals surface area (Å²) in [7, 11) is 0. The second kappa shape index (κ2) is 5.78. The number of para-hydroxylation sites is 2. The smallest absolute Gasteiger partial charge is 0.404 e. The molecule has 0 spiro atoms. The Bertz CT molecular complexity index is 485. The Labute approximate surface area is 123 Å². The maximum absolute atomic E-state index is 12.4. The van der Waals surface area contributed by atoms with Crippen molar-refractivity contribution in [2.24, 2.45) is 11.3 Å². The monoisotopic (exact) mass is 301 g/mol. The first-order valence-corrected chi connectivity index (χ1v) is 7.26. The molecule has 1 aromatic carbocycles. The van der Waals surface area contributed by atoms with Crippen molar-refractivity contribution in [2.45, 2.75) is 52.4 Å². The topological polar surface area (TPSA) is 21.3 Å². The van der Waals surface area contributed by atoms with Gasteiger partial charge in [-0.05, 0) is 42.7 Å². The van der Waals surface area contributed by atoms with E-state index in [4.69, 9.17) is 0 Å². The van der Waals surface area contributed by atoms with Gasteiger partial charge >= 0.3 is 6.36 Å². The van der Waals surface area contributed by atoms with E-state index < -0.39 is 6.36 Å². The largest absolute Gasteiger partial charge is 0.573 e. The van der Waals surface area contributed by atoms with Gasteiger partial charge in [0, 0.05) is 6.04 Å². The van der Waals surface area contributed by atoms with Crippen LogP contribution >= 0.6 is 0 Å². The molecule has 2 rings (SSSR count). The van der Waals surface area contributed by atoms with Crippen LogP contribution in [0.5, 0.6) is 5.75 Å². The molecule has 0 radical (unpaired) electrons. The fourth-order valence-electron chi connectivity index (χ4n) is 3.48. The standard InChI is InChI=1S/C16H22F3NO/c1-11-8-12(10-15(2,3)9-11)20-13-6-4-5-7-14(13)21-16(17,18)19/h4-7,11-12,20H,8-10H2,1-3H3. The molecule has 2 unspecified atom stereocenters. The molecule has 0 saturated heterocycles. The maximum Gasteiger partial charge on any atom is 0.573 e. The van der Waals surface area contributed by atoms with Gasteiger partial charge in [-0.3, -0.25) is 0 Å². The molecule has 0 aliphatic heterocycles. The first-order chi connectivity index (χ1) is 9.65. The SMILES string of the molecule is CC1CC(Nc2ccccc2OC(F)(F)F)CC(C)(C)C1. The summed E-state index contributed by atoms with van der Waals surface area (Å²) >= 11 is 0. The summed E-state index contributed by atoms with van der Waals surface area (Å²) < 4.78 is 41.4. The van der Waals surface area contributed by atoms with Crippen LogP contribution in [0, 0.1) is 11.3 Å². The zero-order valence-corrected chi connectivity index (χ0v) is 12.6. The Morgan fingerprint density at radius 2 is 1.86 bits per heavy atom. The molecule has 1 aliphatic rings. The Morgan fingerprint density at radius 3 is 2.48 bits per heavy atom. The minimum Gasteiger partial charge on any atom is -0.404 e. The number of hydrogen-bond donors (Lipinski definition) is 1. The van der Waals surface area contributed by atoms with Crippen LogP contribution < -0.4 is 10.1 Å². The second-order valence-electron chi connectivity index (χ2n) is 6.80. The van der Waals surface area contributed by atoms with Crippen molar-refractivity contribution in [1.29, 1.82) is 0 Å². The molecule has 1 aromatic rings. The molecule has 1 N–H and O–H groups in total. The Hall–Kier alpha value is -1.39. The molecule has 1 saturated carbocycles. The number of rotatable bonds is 3. The summed E-state index contributed by atoms with van der Waals surface area (Å²) in [5.74, 6) is 0.392. The van der Waals surface area contributed by atoms with E-state index in [2.05, 4.69) is 30.8 Å². The third kappa shape index (κ3) is 4.83. The maximum atomic E-state index is 12.4. The molecule has 0 aromatic heterocycles. The van der Waals surface area contributed by atoms with Gasteiger partial charge in [0.25, 0.3) is 0 Å². The molecule has 5 heteroatoms. The summed E-state index contributed by atoms with van der Waals surface area (Å²) in [6.45, 7) is 6.60. The summed E-state index contributed by atoms with van der Waals surface area (Å²) in [5, 5.41) is 3.23. The average Bonchev–Trinajstić information content (AvgIpc) is 2.27. The van der Waals surface area contributed by atoms with Gasteiger partial charge in [0.2, 0.25) is 0 Å². The third-order valence-electron chi connectivity index (χ3n) is 3.86. The molecule has 0 heterocycles. The van der Waals surface area contributed by atoms with Crippen molar-refractivity contribution in [3.63, 3.8) is 0 Å². The Morgan fingerprint density at radius 1 is 1.19 bits per heavy atom. The number of ether oxygens (including phenoxy) is 1. The lowest BCUT2D eigenvalue weighted by Crippen LogP contribution is -2.35. The summed E-state index contributed by atoms with van der Waals surface area (Å²) in [6, 6.07) is 6.39. The van der Waals surface area contributed by atoms with E-state index in [-0.39, 0.29) is 17.2 Å². The summed E-state index contributed by atoms with van der Waals surface area (Å²) in [6.07, 6.45) is -1.62. The van der Waals surface area contributed by atoms with Crippen molar-refractivity contribution < 1.29 is 17.9 Å². The van der Waals surface area contributed by atoms with Crippen LogP contribution in [0.1, 0.15) is 40.0 Å². The Kier molecular flexibility index (Phi) is 4.40. The Balaban J connectivity index is 2.12. The highest BCUT2D eigenvalue weighted by Crippen LogP contribution is 2.40. The van der Waals surface area contributed by atoms with Crippen LogP contribution in [-0.4, -0.2) is 12.4 Å². The van der Waals surface area contributed by atoms with E-state index in [0.29, 0.717) is 11.6 Å². The lowest BCUT2D eigenvalue weighted by atomic mass is 9.70. The van der Waals surface area contributed by atoms with Gasteiger partial charge in [-0.15, -0.1) is 13.2 Å². The molecule has 2 atom stereocenters. The van der Waals surface area contributed by atoms with Crippen LogP contribution in [0.2, 0.25) is 0 Å². The van der Waals surface area contributed by atoms with Crippen LogP contribution in [0.4, 0.5) is 18.9 Å². The average molecular weight is 301 g/mol. The number of nitrogens with one attached hydrogen (secondary N) is 1. The third-order valence-corrected chi connectivity index (χ3v) is 3.86. The highest BCUT2D eigenvalue weighted by Gasteiger charge is 2.34. The molecule has 0 amide bonds. The van der Waals surface area contributed by atoms with Crippen molar-refractivity contribution in [3.05, 3.63) is 24.3 Å². The highest BCUT2D eigenvalue weighted by atomic mass is 19.4. The van der Waals surface area contributed by atoms with Crippen molar-refractivity contribution in [2.75, 3.05) is 5.32 Å². The molecule has 1 fully saturated rings. The van der Waals surface area contributed by atoms with Gasteiger partial charge in [-0.25, -0.2) is 0 Å². The van der Waals surface area contributed by atoms with Crippen LogP contribution in [0.3, 0.4) is 0 Å². The number of halogens is 3. The minimum absolute atomic E-state index is 0.166. The van der Waals surface area contributed by atoms with Crippen LogP contribution in [0.25, 0.3) is 0 Å². The van der Waals surface area contributed by atoms with Gasteiger partial charge in [0.05, 0.1) is 5.69 Å². The van der Waals surface area contributed by atoms with Gasteiger partial charge in [-0.1, -0.05) is 32.9 Å². The second-order valence-corrected chi connectivity index (χ2v) is 6.80. The van der Waals surface area contributed by atoms with E-state index in [1.165, 1.54) is 6.07 Å². The summed E-state index contributed by atoms with van der Waals surface area (Å²) in [5.41, 5.74) is 0.611. The van der Waals surface area contributed by atoms with Crippen LogP contribution in [0.15, 0.2) is 24.3 Å².